The largest absolute Gasteiger partial charge is 0.385 e. The van der Waals surface area contributed by atoms with Crippen molar-refractivity contribution in [3.8, 4) is 0 Å². The molecule has 4 rings (SSSR count). The number of nitrogens with zero attached hydrogens (tertiary/aromatic N) is 3. The number of nitrogens with one attached hydrogen (secondary N) is 3. The molecule has 3 aromatic rings. The molecule has 222 valence electrons. The molecule has 0 radical (unpaired) electrons. The number of carbonyl (C=O) groups is 3. The van der Waals surface area contributed by atoms with E-state index in [4.69, 9.17) is 0 Å². The van der Waals surface area contributed by atoms with Crippen LogP contribution in [0.1, 0.15) is 72.6 Å². The van der Waals surface area contributed by atoms with Crippen LogP contribution in [0.15, 0.2) is 54.6 Å². The average molecular weight is 571 g/mol. The van der Waals surface area contributed by atoms with E-state index < -0.39 is 0 Å². The fraction of sp³-hybridized carbons (Fsp3) is 0.364. The minimum Gasteiger partial charge on any atom is -0.385 e. The SMILES string of the molecule is CCNc1cc2cc(c1)N(CC)C(=O)c1cc(NCC)cc(c1)N(CC)C(=O)c1cc(NCC)cc(c1)N(CC)C2=O. The summed E-state index contributed by atoms with van der Waals surface area (Å²) in [7, 11) is 0. The van der Waals surface area contributed by atoms with Crippen molar-refractivity contribution in [1.82, 2.24) is 0 Å². The first-order valence-corrected chi connectivity index (χ1v) is 14.9. The number of carbonyl (C=O) groups excluding carboxylic acids is 3. The molecule has 0 unspecified atom stereocenters. The maximum absolute atomic E-state index is 14.1. The van der Waals surface area contributed by atoms with E-state index >= 15 is 0 Å². The van der Waals surface area contributed by atoms with Crippen molar-refractivity contribution in [2.75, 3.05) is 69.9 Å². The van der Waals surface area contributed by atoms with E-state index in [1.54, 1.807) is 32.9 Å². The van der Waals surface area contributed by atoms with Crippen LogP contribution in [-0.2, 0) is 0 Å². The molecule has 0 saturated carbocycles. The van der Waals surface area contributed by atoms with Crippen LogP contribution in [-0.4, -0.2) is 57.0 Å². The second kappa shape index (κ2) is 13.4. The third-order valence-corrected chi connectivity index (χ3v) is 7.26. The molecule has 1 aliphatic heterocycles. The lowest BCUT2D eigenvalue weighted by atomic mass is 10.1. The monoisotopic (exact) mass is 570 g/mol. The number of benzene rings is 3. The molecule has 3 N–H and O–H groups in total. The summed E-state index contributed by atoms with van der Waals surface area (Å²) in [5.41, 5.74) is 5.47. The van der Waals surface area contributed by atoms with Crippen molar-refractivity contribution < 1.29 is 14.4 Å². The van der Waals surface area contributed by atoms with Gasteiger partial charge in [0, 0.05) is 90.1 Å². The summed E-state index contributed by atoms with van der Waals surface area (Å²) >= 11 is 0. The molecule has 9 heteroatoms. The van der Waals surface area contributed by atoms with Crippen LogP contribution >= 0.6 is 0 Å². The fourth-order valence-electron chi connectivity index (χ4n) is 5.39. The number of hydrogen-bond donors (Lipinski definition) is 3. The predicted octanol–water partition coefficient (Wildman–Crippen LogP) is 6.30. The van der Waals surface area contributed by atoms with Crippen LogP contribution in [0.3, 0.4) is 0 Å². The van der Waals surface area contributed by atoms with E-state index in [1.165, 1.54) is 0 Å². The number of fused-ring (bicyclic) bond motifs is 6. The van der Waals surface area contributed by atoms with E-state index in [0.717, 1.165) is 17.1 Å². The van der Waals surface area contributed by atoms with E-state index in [2.05, 4.69) is 16.0 Å². The molecular formula is C33H42N6O3. The Hall–Kier alpha value is -4.53. The van der Waals surface area contributed by atoms with Crippen LogP contribution in [0, 0.1) is 0 Å². The number of amides is 3. The number of hydrogen-bond acceptors (Lipinski definition) is 6. The van der Waals surface area contributed by atoms with Crippen LogP contribution in [0.25, 0.3) is 0 Å². The van der Waals surface area contributed by atoms with Gasteiger partial charge in [0.25, 0.3) is 17.7 Å². The second-order valence-corrected chi connectivity index (χ2v) is 10.0. The van der Waals surface area contributed by atoms with Crippen molar-refractivity contribution in [3.05, 3.63) is 71.3 Å². The Morgan fingerprint density at radius 2 is 0.690 bits per heavy atom. The lowest BCUT2D eigenvalue weighted by Crippen LogP contribution is -2.33. The molecular weight excluding hydrogens is 528 g/mol. The molecule has 0 atom stereocenters. The zero-order valence-electron chi connectivity index (χ0n) is 25.5. The van der Waals surface area contributed by atoms with Gasteiger partial charge in [0.05, 0.1) is 0 Å². The zero-order valence-corrected chi connectivity index (χ0v) is 25.5. The van der Waals surface area contributed by atoms with Crippen molar-refractivity contribution in [3.63, 3.8) is 0 Å². The van der Waals surface area contributed by atoms with Gasteiger partial charge in [-0.05, 0) is 96.1 Å². The molecule has 0 saturated heterocycles. The highest BCUT2D eigenvalue weighted by molar-refractivity contribution is 6.13. The molecule has 0 fully saturated rings. The first kappa shape index (κ1) is 30.4. The normalized spacial score (nSPS) is 13.6. The molecule has 0 aromatic heterocycles. The van der Waals surface area contributed by atoms with Crippen LogP contribution in [0.2, 0.25) is 0 Å². The third-order valence-electron chi connectivity index (χ3n) is 7.26. The van der Waals surface area contributed by atoms with Gasteiger partial charge in [0.2, 0.25) is 0 Å². The molecule has 1 aliphatic rings. The van der Waals surface area contributed by atoms with Crippen molar-refractivity contribution in [1.29, 1.82) is 0 Å². The Kier molecular flexibility index (Phi) is 9.72. The van der Waals surface area contributed by atoms with Gasteiger partial charge in [0.15, 0.2) is 0 Å². The Balaban J connectivity index is 2.06. The van der Waals surface area contributed by atoms with Crippen LogP contribution in [0.5, 0.6) is 0 Å². The van der Waals surface area contributed by atoms with Gasteiger partial charge in [-0.15, -0.1) is 0 Å². The van der Waals surface area contributed by atoms with E-state index in [1.807, 2.05) is 77.9 Å². The lowest BCUT2D eigenvalue weighted by Gasteiger charge is -2.26. The van der Waals surface area contributed by atoms with Gasteiger partial charge < -0.3 is 30.7 Å². The van der Waals surface area contributed by atoms with Gasteiger partial charge in [-0.2, -0.15) is 0 Å². The van der Waals surface area contributed by atoms with E-state index in [9.17, 15) is 14.4 Å². The second-order valence-electron chi connectivity index (χ2n) is 10.0. The summed E-state index contributed by atoms with van der Waals surface area (Å²) in [4.78, 5) is 47.4. The topological polar surface area (TPSA) is 97.0 Å². The summed E-state index contributed by atoms with van der Waals surface area (Å²) in [6.07, 6.45) is 0. The minimum absolute atomic E-state index is 0.216. The summed E-state index contributed by atoms with van der Waals surface area (Å²) in [6.45, 7) is 14.9. The highest BCUT2D eigenvalue weighted by Crippen LogP contribution is 2.32. The molecule has 6 bridgehead atoms. The smallest absolute Gasteiger partial charge is 0.258 e. The first-order chi connectivity index (χ1) is 20.3. The Morgan fingerprint density at radius 1 is 0.429 bits per heavy atom. The summed E-state index contributed by atoms with van der Waals surface area (Å²) in [5.74, 6) is -0.649. The van der Waals surface area contributed by atoms with Crippen LogP contribution in [0.4, 0.5) is 34.1 Å². The molecule has 3 aromatic carbocycles. The van der Waals surface area contributed by atoms with Crippen molar-refractivity contribution in [2.24, 2.45) is 0 Å². The summed E-state index contributed by atoms with van der Waals surface area (Å²) in [6, 6.07) is 16.5. The van der Waals surface area contributed by atoms with Crippen molar-refractivity contribution in [2.45, 2.75) is 41.5 Å². The quantitative estimate of drug-likeness (QED) is 0.280. The standard InChI is InChI=1S/C33H42N6O3/c1-7-34-25-13-22-16-28(19-25)37(10-4)32(41)23-14-26(35-8-2)21-30(17-23)39(12-6)33(42)24-15-27(36-9-3)20-29(18-24)38(11-5)31(22)40/h13-21,34-36H,7-12H2,1-6H3. The maximum atomic E-state index is 14.1. The highest BCUT2D eigenvalue weighted by atomic mass is 16.2. The van der Waals surface area contributed by atoms with Gasteiger partial charge >= 0.3 is 0 Å². The summed E-state index contributed by atoms with van der Waals surface area (Å²) in [5, 5.41) is 9.95. The number of rotatable bonds is 9. The Morgan fingerprint density at radius 3 is 0.905 bits per heavy atom. The van der Waals surface area contributed by atoms with Gasteiger partial charge in [-0.3, -0.25) is 14.4 Å². The average Bonchev–Trinajstić information content (AvgIpc) is 2.98. The van der Waals surface area contributed by atoms with Gasteiger partial charge in [-0.25, -0.2) is 0 Å². The molecule has 1 heterocycles. The summed E-state index contributed by atoms with van der Waals surface area (Å²) < 4.78 is 0. The molecule has 3 amide bonds. The molecule has 0 aliphatic carbocycles. The number of anilines is 6. The first-order valence-electron chi connectivity index (χ1n) is 14.9. The fourth-order valence-corrected chi connectivity index (χ4v) is 5.39. The van der Waals surface area contributed by atoms with Gasteiger partial charge in [0.1, 0.15) is 0 Å². The lowest BCUT2D eigenvalue weighted by molar-refractivity contribution is 0.0977. The third kappa shape index (κ3) is 6.20. The molecule has 0 spiro atoms. The molecule has 9 nitrogen and oxygen atoms in total. The Bertz CT molecular complexity index is 1300. The van der Waals surface area contributed by atoms with Crippen molar-refractivity contribution >= 4 is 51.8 Å². The van der Waals surface area contributed by atoms with Gasteiger partial charge in [-0.1, -0.05) is 0 Å². The minimum atomic E-state index is -0.216. The zero-order chi connectivity index (χ0) is 30.4. The Labute approximate surface area is 248 Å². The maximum Gasteiger partial charge on any atom is 0.258 e. The van der Waals surface area contributed by atoms with E-state index in [-0.39, 0.29) is 17.7 Å². The highest BCUT2D eigenvalue weighted by Gasteiger charge is 2.26. The van der Waals surface area contributed by atoms with Crippen LogP contribution < -0.4 is 30.7 Å². The molecule has 42 heavy (non-hydrogen) atoms. The van der Waals surface area contributed by atoms with E-state index in [0.29, 0.717) is 73.0 Å². The predicted molar refractivity (Wildman–Crippen MR) is 174 cm³/mol.